The zero-order valence-corrected chi connectivity index (χ0v) is 12.8. The van der Waals surface area contributed by atoms with Gasteiger partial charge >= 0.3 is 0 Å². The predicted octanol–water partition coefficient (Wildman–Crippen LogP) is 4.32. The van der Waals surface area contributed by atoms with Gasteiger partial charge in [-0.15, -0.1) is 0 Å². The number of aryl methyl sites for hydroxylation is 1. The molecule has 0 bridgehead atoms. The molecule has 2 N–H and O–H groups in total. The number of nitrogens with one attached hydrogen (secondary N) is 2. The number of amides is 1. The Morgan fingerprint density at radius 2 is 2.10 bits per heavy atom. The molecule has 3 nitrogen and oxygen atoms in total. The van der Waals surface area contributed by atoms with E-state index in [0.717, 1.165) is 16.9 Å². The fourth-order valence-electron chi connectivity index (χ4n) is 2.61. The Morgan fingerprint density at radius 1 is 1.29 bits per heavy atom. The van der Waals surface area contributed by atoms with Crippen molar-refractivity contribution >= 4 is 28.9 Å². The van der Waals surface area contributed by atoms with E-state index < -0.39 is 0 Å². The second-order valence-electron chi connectivity index (χ2n) is 5.49. The third-order valence-electron chi connectivity index (χ3n) is 3.73. The molecular weight excluding hydrogens is 284 g/mol. The van der Waals surface area contributed by atoms with Gasteiger partial charge in [-0.2, -0.15) is 0 Å². The van der Waals surface area contributed by atoms with Crippen molar-refractivity contribution in [2.24, 2.45) is 0 Å². The maximum atomic E-state index is 11.4. The van der Waals surface area contributed by atoms with E-state index in [0.29, 0.717) is 11.4 Å². The van der Waals surface area contributed by atoms with E-state index in [2.05, 4.69) is 48.7 Å². The monoisotopic (exact) mass is 300 g/mol. The Hall–Kier alpha value is -2.00. The lowest BCUT2D eigenvalue weighted by Gasteiger charge is -2.18. The van der Waals surface area contributed by atoms with Crippen LogP contribution in [0.15, 0.2) is 36.4 Å². The minimum Gasteiger partial charge on any atom is -0.377 e. The maximum Gasteiger partial charge on any atom is 0.228 e. The molecule has 1 heterocycles. The van der Waals surface area contributed by atoms with Crippen molar-refractivity contribution in [1.29, 1.82) is 0 Å². The van der Waals surface area contributed by atoms with Gasteiger partial charge in [0.05, 0.1) is 17.1 Å². The molecule has 1 amide bonds. The Bertz CT molecular complexity index is 712. The van der Waals surface area contributed by atoms with Gasteiger partial charge in [0.25, 0.3) is 0 Å². The number of fused-ring (bicyclic) bond motifs is 1. The molecule has 108 valence electrons. The standard InChI is InChI=1S/C17H17ClN2O/c1-10-4-3-5-12(6-10)11(2)19-16-7-13-8-17(21)20-15(13)9-14(16)18/h3-7,9,11,19H,8H2,1-2H3,(H,20,21). The fraction of sp³-hybridized carbons (Fsp3) is 0.235. The largest absolute Gasteiger partial charge is 0.377 e. The van der Waals surface area contributed by atoms with Crippen LogP contribution in [0.5, 0.6) is 0 Å². The van der Waals surface area contributed by atoms with Crippen molar-refractivity contribution in [3.63, 3.8) is 0 Å². The molecule has 1 aliphatic rings. The van der Waals surface area contributed by atoms with Crippen molar-refractivity contribution < 1.29 is 4.79 Å². The van der Waals surface area contributed by atoms with Gasteiger partial charge in [0.2, 0.25) is 5.91 Å². The van der Waals surface area contributed by atoms with Crippen molar-refractivity contribution in [2.45, 2.75) is 26.3 Å². The van der Waals surface area contributed by atoms with Crippen LogP contribution in [0.3, 0.4) is 0 Å². The number of hydrogen-bond donors (Lipinski definition) is 2. The van der Waals surface area contributed by atoms with E-state index in [4.69, 9.17) is 11.6 Å². The van der Waals surface area contributed by atoms with Crippen LogP contribution >= 0.6 is 11.6 Å². The second kappa shape index (κ2) is 5.41. The lowest BCUT2D eigenvalue weighted by Crippen LogP contribution is -2.07. The summed E-state index contributed by atoms with van der Waals surface area (Å²) in [5.74, 6) is 0.0185. The SMILES string of the molecule is Cc1cccc(C(C)Nc2cc3c(cc2Cl)NC(=O)C3)c1. The van der Waals surface area contributed by atoms with Crippen molar-refractivity contribution in [3.05, 3.63) is 58.1 Å². The van der Waals surface area contributed by atoms with Crippen molar-refractivity contribution in [3.8, 4) is 0 Å². The summed E-state index contributed by atoms with van der Waals surface area (Å²) in [6.45, 7) is 4.18. The number of benzene rings is 2. The average molecular weight is 301 g/mol. The molecule has 3 rings (SSSR count). The summed E-state index contributed by atoms with van der Waals surface area (Å²) in [4.78, 5) is 11.4. The van der Waals surface area contributed by atoms with Gasteiger partial charge in [-0.25, -0.2) is 0 Å². The highest BCUT2D eigenvalue weighted by atomic mass is 35.5. The lowest BCUT2D eigenvalue weighted by atomic mass is 10.0. The Labute approximate surface area is 129 Å². The number of halogens is 1. The highest BCUT2D eigenvalue weighted by molar-refractivity contribution is 6.33. The molecule has 1 atom stereocenters. The number of anilines is 2. The molecule has 0 spiro atoms. The molecule has 4 heteroatoms. The minimum atomic E-state index is 0.0185. The number of carbonyl (C=O) groups is 1. The summed E-state index contributed by atoms with van der Waals surface area (Å²) in [5.41, 5.74) is 5.11. The summed E-state index contributed by atoms with van der Waals surface area (Å²) in [7, 11) is 0. The smallest absolute Gasteiger partial charge is 0.228 e. The fourth-order valence-corrected chi connectivity index (χ4v) is 2.83. The molecule has 21 heavy (non-hydrogen) atoms. The molecule has 0 fully saturated rings. The predicted molar refractivity (Wildman–Crippen MR) is 87.0 cm³/mol. The van der Waals surface area contributed by atoms with Gasteiger partial charge in [0.15, 0.2) is 0 Å². The first kappa shape index (κ1) is 14.0. The number of carbonyl (C=O) groups excluding carboxylic acids is 1. The first-order chi connectivity index (χ1) is 10.0. The van der Waals surface area contributed by atoms with Crippen LogP contribution in [0.2, 0.25) is 5.02 Å². The zero-order chi connectivity index (χ0) is 15.0. The zero-order valence-electron chi connectivity index (χ0n) is 12.0. The van der Waals surface area contributed by atoms with Gasteiger partial charge in [-0.3, -0.25) is 4.79 Å². The molecule has 1 unspecified atom stereocenters. The summed E-state index contributed by atoms with van der Waals surface area (Å²) in [5, 5.41) is 6.85. The summed E-state index contributed by atoms with van der Waals surface area (Å²) < 4.78 is 0. The van der Waals surface area contributed by atoms with Crippen LogP contribution in [0.1, 0.15) is 29.7 Å². The Kier molecular flexibility index (Phi) is 3.60. The molecule has 0 aromatic heterocycles. The van der Waals surface area contributed by atoms with Crippen molar-refractivity contribution in [2.75, 3.05) is 10.6 Å². The molecular formula is C17H17ClN2O. The molecule has 2 aromatic carbocycles. The highest BCUT2D eigenvalue weighted by Gasteiger charge is 2.20. The van der Waals surface area contributed by atoms with E-state index in [-0.39, 0.29) is 11.9 Å². The van der Waals surface area contributed by atoms with E-state index in [9.17, 15) is 4.79 Å². The van der Waals surface area contributed by atoms with E-state index in [1.54, 1.807) is 0 Å². The molecule has 0 aliphatic carbocycles. The van der Waals surface area contributed by atoms with Crippen LogP contribution in [0.25, 0.3) is 0 Å². The Morgan fingerprint density at radius 3 is 2.86 bits per heavy atom. The number of hydrogen-bond acceptors (Lipinski definition) is 2. The van der Waals surface area contributed by atoms with Crippen LogP contribution in [-0.4, -0.2) is 5.91 Å². The molecule has 1 aliphatic heterocycles. The van der Waals surface area contributed by atoms with Crippen LogP contribution in [0.4, 0.5) is 11.4 Å². The summed E-state index contributed by atoms with van der Waals surface area (Å²) in [6.07, 6.45) is 0.417. The van der Waals surface area contributed by atoms with Crippen LogP contribution < -0.4 is 10.6 Å². The van der Waals surface area contributed by atoms with Crippen molar-refractivity contribution in [1.82, 2.24) is 0 Å². The Balaban J connectivity index is 1.85. The topological polar surface area (TPSA) is 41.1 Å². The average Bonchev–Trinajstić information content (AvgIpc) is 2.78. The molecule has 0 saturated carbocycles. The first-order valence-corrected chi connectivity index (χ1v) is 7.36. The van der Waals surface area contributed by atoms with Gasteiger partial charge in [-0.1, -0.05) is 41.4 Å². The van der Waals surface area contributed by atoms with Crippen LogP contribution in [0, 0.1) is 6.92 Å². The highest BCUT2D eigenvalue weighted by Crippen LogP contribution is 2.34. The lowest BCUT2D eigenvalue weighted by molar-refractivity contribution is -0.115. The molecule has 2 aromatic rings. The molecule has 0 saturated heterocycles. The van der Waals surface area contributed by atoms with Crippen LogP contribution in [-0.2, 0) is 11.2 Å². The van der Waals surface area contributed by atoms with E-state index >= 15 is 0 Å². The normalized spacial score (nSPS) is 14.5. The van der Waals surface area contributed by atoms with Gasteiger partial charge in [-0.05, 0) is 37.1 Å². The molecule has 0 radical (unpaired) electrons. The summed E-state index contributed by atoms with van der Waals surface area (Å²) >= 11 is 6.30. The van der Waals surface area contributed by atoms with Gasteiger partial charge < -0.3 is 10.6 Å². The quantitative estimate of drug-likeness (QED) is 0.886. The van der Waals surface area contributed by atoms with E-state index in [1.807, 2.05) is 12.1 Å². The van der Waals surface area contributed by atoms with Gasteiger partial charge in [0, 0.05) is 11.7 Å². The van der Waals surface area contributed by atoms with E-state index in [1.165, 1.54) is 11.1 Å². The second-order valence-corrected chi connectivity index (χ2v) is 5.90. The van der Waals surface area contributed by atoms with Gasteiger partial charge in [0.1, 0.15) is 0 Å². The minimum absolute atomic E-state index is 0.0185. The summed E-state index contributed by atoms with van der Waals surface area (Å²) in [6, 6.07) is 12.3. The third kappa shape index (κ3) is 2.88. The third-order valence-corrected chi connectivity index (χ3v) is 4.04. The first-order valence-electron chi connectivity index (χ1n) is 6.98. The maximum absolute atomic E-state index is 11.4. The number of rotatable bonds is 3.